The molecule has 1 aromatic rings. The van der Waals surface area contributed by atoms with E-state index in [2.05, 4.69) is 9.97 Å². The number of carbonyl (C=O) groups is 1. The molecule has 0 aliphatic carbocycles. The molecule has 1 unspecified atom stereocenters. The lowest BCUT2D eigenvalue weighted by atomic mass is 10.1. The summed E-state index contributed by atoms with van der Waals surface area (Å²) in [4.78, 5) is 19.3. The Hall–Kier alpha value is -1.49. The molecule has 1 aromatic heterocycles. The number of aromatic nitrogens is 2. The number of carboxylic acid groups (broad SMARTS) is 1. The number of carboxylic acids is 1. The fraction of sp³-hybridized carbons (Fsp3) is 0.583. The summed E-state index contributed by atoms with van der Waals surface area (Å²) in [5.74, 6) is -0.211. The molecule has 0 radical (unpaired) electrons. The van der Waals surface area contributed by atoms with E-state index in [4.69, 9.17) is 9.84 Å². The molecule has 0 saturated carbocycles. The minimum Gasteiger partial charge on any atom is -0.478 e. The van der Waals surface area contributed by atoms with Gasteiger partial charge in [-0.2, -0.15) is 0 Å². The van der Waals surface area contributed by atoms with Crippen LogP contribution in [0.25, 0.3) is 0 Å². The number of aromatic carboxylic acids is 1. The maximum absolute atomic E-state index is 11.0. The minimum absolute atomic E-state index is 0.162. The van der Waals surface area contributed by atoms with E-state index in [1.807, 2.05) is 20.8 Å². The molecule has 0 fully saturated rings. The van der Waals surface area contributed by atoms with E-state index in [0.29, 0.717) is 17.9 Å². The van der Waals surface area contributed by atoms with Crippen LogP contribution >= 0.6 is 0 Å². The molecule has 0 aliphatic rings. The third kappa shape index (κ3) is 3.00. The highest BCUT2D eigenvalue weighted by atomic mass is 16.5. The zero-order chi connectivity index (χ0) is 13.0. The van der Waals surface area contributed by atoms with Gasteiger partial charge in [0.15, 0.2) is 5.82 Å². The van der Waals surface area contributed by atoms with Gasteiger partial charge in [0.2, 0.25) is 0 Å². The standard InChI is InChI=1S/C12H18N2O3/c1-5-9-8(12(15)16)6-13-11(14-9)10(17-4)7(2)3/h6-7,10H,5H2,1-4H3,(H,15,16). The highest BCUT2D eigenvalue weighted by Gasteiger charge is 2.20. The number of aryl methyl sites for hydroxylation is 1. The highest BCUT2D eigenvalue weighted by Crippen LogP contribution is 2.22. The highest BCUT2D eigenvalue weighted by molar-refractivity contribution is 5.88. The normalized spacial score (nSPS) is 12.8. The van der Waals surface area contributed by atoms with Crippen LogP contribution in [0, 0.1) is 5.92 Å². The fourth-order valence-electron chi connectivity index (χ4n) is 1.69. The number of hydrogen-bond acceptors (Lipinski definition) is 4. The molecular formula is C12H18N2O3. The summed E-state index contributed by atoms with van der Waals surface area (Å²) in [7, 11) is 1.60. The minimum atomic E-state index is -0.994. The Labute approximate surface area is 101 Å². The number of rotatable bonds is 5. The van der Waals surface area contributed by atoms with Gasteiger partial charge >= 0.3 is 5.97 Å². The van der Waals surface area contributed by atoms with Gasteiger partial charge in [0.25, 0.3) is 0 Å². The van der Waals surface area contributed by atoms with Crippen LogP contribution in [-0.2, 0) is 11.2 Å². The van der Waals surface area contributed by atoms with Crippen molar-refractivity contribution in [2.24, 2.45) is 5.92 Å². The Bertz CT molecular complexity index is 405. The maximum atomic E-state index is 11.0. The molecule has 17 heavy (non-hydrogen) atoms. The van der Waals surface area contributed by atoms with Crippen molar-refractivity contribution in [2.75, 3.05) is 7.11 Å². The number of ether oxygens (including phenoxy) is 1. The largest absolute Gasteiger partial charge is 0.478 e. The van der Waals surface area contributed by atoms with Gasteiger partial charge in [0, 0.05) is 13.3 Å². The van der Waals surface area contributed by atoms with Gasteiger partial charge in [0.05, 0.1) is 11.3 Å². The summed E-state index contributed by atoms with van der Waals surface area (Å²) < 4.78 is 5.33. The lowest BCUT2D eigenvalue weighted by molar-refractivity contribution is 0.0569. The van der Waals surface area contributed by atoms with Crippen molar-refractivity contribution < 1.29 is 14.6 Å². The molecule has 0 bridgehead atoms. The first-order valence-electron chi connectivity index (χ1n) is 5.63. The third-order valence-corrected chi connectivity index (χ3v) is 2.57. The Balaban J connectivity index is 3.16. The molecule has 5 heteroatoms. The smallest absolute Gasteiger partial charge is 0.339 e. The Morgan fingerprint density at radius 3 is 2.59 bits per heavy atom. The van der Waals surface area contributed by atoms with Gasteiger partial charge < -0.3 is 9.84 Å². The van der Waals surface area contributed by atoms with E-state index in [1.54, 1.807) is 7.11 Å². The van der Waals surface area contributed by atoms with Crippen LogP contribution in [0.4, 0.5) is 0 Å². The van der Waals surface area contributed by atoms with Crippen molar-refractivity contribution in [3.8, 4) is 0 Å². The Morgan fingerprint density at radius 2 is 2.18 bits per heavy atom. The van der Waals surface area contributed by atoms with Gasteiger partial charge in [-0.15, -0.1) is 0 Å². The van der Waals surface area contributed by atoms with E-state index >= 15 is 0 Å². The number of nitrogens with zero attached hydrogens (tertiary/aromatic N) is 2. The van der Waals surface area contributed by atoms with E-state index in [0.717, 1.165) is 0 Å². The number of hydrogen-bond donors (Lipinski definition) is 1. The van der Waals surface area contributed by atoms with Gasteiger partial charge in [-0.1, -0.05) is 20.8 Å². The van der Waals surface area contributed by atoms with Crippen molar-refractivity contribution in [2.45, 2.75) is 33.3 Å². The van der Waals surface area contributed by atoms with Crippen LogP contribution in [0.15, 0.2) is 6.20 Å². The molecule has 1 rings (SSSR count). The molecule has 0 aliphatic heterocycles. The molecule has 94 valence electrons. The van der Waals surface area contributed by atoms with E-state index in [9.17, 15) is 4.79 Å². The predicted octanol–water partition coefficient (Wildman–Crippen LogP) is 2.08. The summed E-state index contributed by atoms with van der Waals surface area (Å²) in [6, 6.07) is 0. The average Bonchev–Trinajstić information content (AvgIpc) is 2.28. The van der Waals surface area contributed by atoms with E-state index < -0.39 is 5.97 Å². The molecule has 1 N–H and O–H groups in total. The summed E-state index contributed by atoms with van der Waals surface area (Å²) in [6.07, 6.45) is 1.71. The second-order valence-corrected chi connectivity index (χ2v) is 4.15. The van der Waals surface area contributed by atoms with Crippen LogP contribution < -0.4 is 0 Å². The summed E-state index contributed by atoms with van der Waals surface area (Å²) >= 11 is 0. The topological polar surface area (TPSA) is 72.3 Å². The van der Waals surface area contributed by atoms with Gasteiger partial charge in [0.1, 0.15) is 6.10 Å². The summed E-state index contributed by atoms with van der Waals surface area (Å²) in [5.41, 5.74) is 0.708. The van der Waals surface area contributed by atoms with Gasteiger partial charge in [-0.25, -0.2) is 14.8 Å². The second-order valence-electron chi connectivity index (χ2n) is 4.15. The zero-order valence-corrected chi connectivity index (χ0v) is 10.6. The van der Waals surface area contributed by atoms with Crippen LogP contribution in [0.3, 0.4) is 0 Å². The molecule has 0 saturated heterocycles. The summed E-state index contributed by atoms with van der Waals surface area (Å²) in [5, 5.41) is 8.98. The monoisotopic (exact) mass is 238 g/mol. The first-order valence-corrected chi connectivity index (χ1v) is 5.63. The predicted molar refractivity (Wildman–Crippen MR) is 63.0 cm³/mol. The first-order chi connectivity index (χ1) is 8.01. The Kier molecular flexibility index (Phi) is 4.57. The average molecular weight is 238 g/mol. The quantitative estimate of drug-likeness (QED) is 0.850. The molecule has 0 spiro atoms. The first kappa shape index (κ1) is 13.6. The van der Waals surface area contributed by atoms with Gasteiger partial charge in [-0.3, -0.25) is 0 Å². The SMILES string of the molecule is CCc1nc(C(OC)C(C)C)ncc1C(=O)O. The lowest BCUT2D eigenvalue weighted by Gasteiger charge is -2.18. The molecule has 5 nitrogen and oxygen atoms in total. The fourth-order valence-corrected chi connectivity index (χ4v) is 1.69. The summed E-state index contributed by atoms with van der Waals surface area (Å²) in [6.45, 7) is 5.89. The van der Waals surface area contributed by atoms with Crippen molar-refractivity contribution in [3.05, 3.63) is 23.3 Å². The van der Waals surface area contributed by atoms with Crippen LogP contribution in [0.5, 0.6) is 0 Å². The van der Waals surface area contributed by atoms with E-state index in [-0.39, 0.29) is 17.6 Å². The molecule has 1 atom stereocenters. The maximum Gasteiger partial charge on any atom is 0.339 e. The van der Waals surface area contributed by atoms with Gasteiger partial charge in [-0.05, 0) is 12.3 Å². The van der Waals surface area contributed by atoms with Crippen molar-refractivity contribution in [1.82, 2.24) is 9.97 Å². The molecule has 0 amide bonds. The molecule has 1 heterocycles. The van der Waals surface area contributed by atoms with Crippen LogP contribution in [-0.4, -0.2) is 28.2 Å². The Morgan fingerprint density at radius 1 is 1.53 bits per heavy atom. The number of methoxy groups -OCH3 is 1. The van der Waals surface area contributed by atoms with E-state index in [1.165, 1.54) is 6.20 Å². The third-order valence-electron chi connectivity index (χ3n) is 2.57. The van der Waals surface area contributed by atoms with Crippen LogP contribution in [0.2, 0.25) is 0 Å². The molecule has 0 aromatic carbocycles. The second kappa shape index (κ2) is 5.72. The molecular weight excluding hydrogens is 220 g/mol. The lowest BCUT2D eigenvalue weighted by Crippen LogP contribution is -2.16. The van der Waals surface area contributed by atoms with Crippen molar-refractivity contribution >= 4 is 5.97 Å². The zero-order valence-electron chi connectivity index (χ0n) is 10.6. The van der Waals surface area contributed by atoms with Crippen LogP contribution in [0.1, 0.15) is 48.8 Å². The van der Waals surface area contributed by atoms with Crippen molar-refractivity contribution in [1.29, 1.82) is 0 Å². The van der Waals surface area contributed by atoms with Crippen molar-refractivity contribution in [3.63, 3.8) is 0 Å².